The maximum atomic E-state index is 12.7. The van der Waals surface area contributed by atoms with Gasteiger partial charge >= 0.3 is 0 Å². The molecule has 1 aromatic rings. The summed E-state index contributed by atoms with van der Waals surface area (Å²) in [6.07, 6.45) is 0.757. The average Bonchev–Trinajstić information content (AvgIpc) is 2.34. The van der Waals surface area contributed by atoms with E-state index in [1.54, 1.807) is 26.0 Å². The average molecular weight is 284 g/mol. The second-order valence-electron chi connectivity index (χ2n) is 5.08. The number of hydrogen-bond acceptors (Lipinski definition) is 4. The summed E-state index contributed by atoms with van der Waals surface area (Å²) in [6.45, 7) is 4.10. The molecule has 1 unspecified atom stereocenters. The van der Waals surface area contributed by atoms with E-state index in [9.17, 15) is 13.5 Å². The van der Waals surface area contributed by atoms with E-state index in [1.165, 1.54) is 4.31 Å². The summed E-state index contributed by atoms with van der Waals surface area (Å²) >= 11 is 0. The van der Waals surface area contributed by atoms with E-state index in [4.69, 9.17) is 5.73 Å². The normalized spacial score (nSPS) is 21.5. The predicted octanol–water partition coefficient (Wildman–Crippen LogP) is 1.03. The van der Waals surface area contributed by atoms with E-state index >= 15 is 0 Å². The molecule has 1 aromatic carbocycles. The van der Waals surface area contributed by atoms with Gasteiger partial charge in [-0.05, 0) is 43.9 Å². The van der Waals surface area contributed by atoms with E-state index in [-0.39, 0.29) is 11.4 Å². The second-order valence-corrected chi connectivity index (χ2v) is 6.96. The first kappa shape index (κ1) is 14.3. The molecular weight excluding hydrogens is 264 g/mol. The Morgan fingerprint density at radius 1 is 1.37 bits per heavy atom. The molecule has 1 saturated heterocycles. The van der Waals surface area contributed by atoms with Crippen LogP contribution in [-0.4, -0.2) is 37.0 Å². The minimum absolute atomic E-state index is 0.163. The first-order valence-electron chi connectivity index (χ1n) is 6.38. The smallest absolute Gasteiger partial charge is 0.243 e. The van der Waals surface area contributed by atoms with E-state index in [0.717, 1.165) is 0 Å². The van der Waals surface area contributed by atoms with Gasteiger partial charge < -0.3 is 10.8 Å². The van der Waals surface area contributed by atoms with Crippen LogP contribution in [0, 0.1) is 13.8 Å². The summed E-state index contributed by atoms with van der Waals surface area (Å²) in [5.41, 5.74) is 7.55. The van der Waals surface area contributed by atoms with Gasteiger partial charge in [-0.25, -0.2) is 8.42 Å². The molecule has 106 valence electrons. The topological polar surface area (TPSA) is 83.6 Å². The van der Waals surface area contributed by atoms with Gasteiger partial charge in [0.25, 0.3) is 0 Å². The van der Waals surface area contributed by atoms with Crippen LogP contribution in [-0.2, 0) is 10.0 Å². The van der Waals surface area contributed by atoms with Crippen molar-refractivity contribution in [2.75, 3.05) is 18.8 Å². The number of nitrogen functional groups attached to an aromatic ring is 1. The van der Waals surface area contributed by atoms with E-state index in [0.29, 0.717) is 36.2 Å². The Kier molecular flexibility index (Phi) is 3.85. The molecule has 5 nitrogen and oxygen atoms in total. The highest BCUT2D eigenvalue weighted by Crippen LogP contribution is 2.29. The number of aliphatic hydroxyl groups is 1. The van der Waals surface area contributed by atoms with Gasteiger partial charge in [0.2, 0.25) is 10.0 Å². The molecule has 0 aliphatic carbocycles. The van der Waals surface area contributed by atoms with Crippen LogP contribution in [0.25, 0.3) is 0 Å². The summed E-state index contributed by atoms with van der Waals surface area (Å²) in [5.74, 6) is 0. The number of β-amino-alcohol motifs (C(OH)–C–C–N with tert-alkyl or cyclic N) is 1. The zero-order valence-corrected chi connectivity index (χ0v) is 12.1. The fraction of sp³-hybridized carbons (Fsp3) is 0.538. The quantitative estimate of drug-likeness (QED) is 0.795. The third kappa shape index (κ3) is 2.61. The van der Waals surface area contributed by atoms with Gasteiger partial charge in [-0.2, -0.15) is 4.31 Å². The molecule has 2 rings (SSSR count). The van der Waals surface area contributed by atoms with Crippen LogP contribution in [0.4, 0.5) is 5.69 Å². The zero-order chi connectivity index (χ0) is 14.2. The first-order valence-corrected chi connectivity index (χ1v) is 7.82. The summed E-state index contributed by atoms with van der Waals surface area (Å²) in [5, 5.41) is 9.65. The van der Waals surface area contributed by atoms with Gasteiger partial charge in [0, 0.05) is 18.8 Å². The number of hydrogen-bond donors (Lipinski definition) is 2. The maximum absolute atomic E-state index is 12.7. The molecule has 19 heavy (non-hydrogen) atoms. The van der Waals surface area contributed by atoms with E-state index < -0.39 is 16.1 Å². The largest absolute Gasteiger partial charge is 0.398 e. The van der Waals surface area contributed by atoms with Gasteiger partial charge in [-0.3, -0.25) is 0 Å². The molecule has 0 spiro atoms. The van der Waals surface area contributed by atoms with Crippen molar-refractivity contribution in [2.45, 2.75) is 37.7 Å². The van der Waals surface area contributed by atoms with Gasteiger partial charge in [-0.15, -0.1) is 0 Å². The lowest BCUT2D eigenvalue weighted by Gasteiger charge is -2.30. The van der Waals surface area contributed by atoms with Crippen molar-refractivity contribution < 1.29 is 13.5 Å². The van der Waals surface area contributed by atoms with Gasteiger partial charge in [0.1, 0.15) is 0 Å². The number of benzene rings is 1. The third-order valence-electron chi connectivity index (χ3n) is 3.60. The maximum Gasteiger partial charge on any atom is 0.243 e. The minimum Gasteiger partial charge on any atom is -0.398 e. The molecule has 0 bridgehead atoms. The number of aliphatic hydroxyl groups excluding tert-OH is 1. The molecule has 3 N–H and O–H groups in total. The Morgan fingerprint density at radius 2 is 2.05 bits per heavy atom. The van der Waals surface area contributed by atoms with Gasteiger partial charge in [0.05, 0.1) is 11.0 Å². The Balaban J connectivity index is 2.48. The van der Waals surface area contributed by atoms with Crippen LogP contribution in [0.5, 0.6) is 0 Å². The molecule has 1 heterocycles. The van der Waals surface area contributed by atoms with E-state index in [2.05, 4.69) is 0 Å². The molecule has 1 atom stereocenters. The number of anilines is 1. The molecule has 1 aliphatic rings. The van der Waals surface area contributed by atoms with Gasteiger partial charge in [-0.1, -0.05) is 6.07 Å². The second kappa shape index (κ2) is 5.11. The van der Waals surface area contributed by atoms with Crippen molar-refractivity contribution in [3.05, 3.63) is 23.3 Å². The Labute approximate surface area is 114 Å². The monoisotopic (exact) mass is 284 g/mol. The highest BCUT2D eigenvalue weighted by atomic mass is 32.2. The first-order chi connectivity index (χ1) is 8.84. The Hall–Kier alpha value is -1.11. The molecular formula is C13H20N2O3S. The van der Waals surface area contributed by atoms with Crippen molar-refractivity contribution in [1.82, 2.24) is 4.31 Å². The SMILES string of the molecule is Cc1ccc(N)c(C)c1S(=O)(=O)N1CCCC(O)C1. The van der Waals surface area contributed by atoms with Crippen molar-refractivity contribution in [3.8, 4) is 0 Å². The fourth-order valence-corrected chi connectivity index (χ4v) is 4.48. The highest BCUT2D eigenvalue weighted by Gasteiger charge is 2.31. The number of rotatable bonds is 2. The van der Waals surface area contributed by atoms with E-state index in [1.807, 2.05) is 0 Å². The summed E-state index contributed by atoms with van der Waals surface area (Å²) in [6, 6.07) is 3.43. The number of aryl methyl sites for hydroxylation is 1. The molecule has 0 saturated carbocycles. The lowest BCUT2D eigenvalue weighted by atomic mass is 10.1. The molecule has 0 radical (unpaired) electrons. The molecule has 0 aromatic heterocycles. The molecule has 1 fully saturated rings. The van der Waals surface area contributed by atoms with Crippen LogP contribution in [0.3, 0.4) is 0 Å². The van der Waals surface area contributed by atoms with Crippen molar-refractivity contribution >= 4 is 15.7 Å². The van der Waals surface area contributed by atoms with Crippen LogP contribution in [0.15, 0.2) is 17.0 Å². The number of nitrogens with two attached hydrogens (primary N) is 1. The van der Waals surface area contributed by atoms with Crippen LogP contribution in [0.2, 0.25) is 0 Å². The number of nitrogens with zero attached hydrogens (tertiary/aromatic N) is 1. The predicted molar refractivity (Wildman–Crippen MR) is 74.3 cm³/mol. The highest BCUT2D eigenvalue weighted by molar-refractivity contribution is 7.89. The van der Waals surface area contributed by atoms with Crippen LogP contribution >= 0.6 is 0 Å². The minimum atomic E-state index is -3.59. The van der Waals surface area contributed by atoms with Crippen molar-refractivity contribution in [2.24, 2.45) is 0 Å². The van der Waals surface area contributed by atoms with Crippen molar-refractivity contribution in [1.29, 1.82) is 0 Å². The summed E-state index contributed by atoms with van der Waals surface area (Å²) in [7, 11) is -3.59. The molecule has 1 aliphatic heterocycles. The lowest BCUT2D eigenvalue weighted by molar-refractivity contribution is 0.108. The van der Waals surface area contributed by atoms with Crippen LogP contribution < -0.4 is 5.73 Å². The molecule has 6 heteroatoms. The third-order valence-corrected chi connectivity index (χ3v) is 5.76. The standard InChI is InChI=1S/C13H20N2O3S/c1-9-5-6-12(14)10(2)13(9)19(17,18)15-7-3-4-11(16)8-15/h5-6,11,16H,3-4,7-8,14H2,1-2H3. The Morgan fingerprint density at radius 3 is 2.68 bits per heavy atom. The lowest BCUT2D eigenvalue weighted by Crippen LogP contribution is -2.42. The zero-order valence-electron chi connectivity index (χ0n) is 11.3. The van der Waals surface area contributed by atoms with Gasteiger partial charge in [0.15, 0.2) is 0 Å². The summed E-state index contributed by atoms with van der Waals surface area (Å²) < 4.78 is 26.7. The number of sulfonamides is 1. The summed E-state index contributed by atoms with van der Waals surface area (Å²) in [4.78, 5) is 0.279. The van der Waals surface area contributed by atoms with Crippen molar-refractivity contribution in [3.63, 3.8) is 0 Å². The Bertz CT molecular complexity index is 584. The van der Waals surface area contributed by atoms with Crippen LogP contribution in [0.1, 0.15) is 24.0 Å². The fourth-order valence-electron chi connectivity index (χ4n) is 2.51. The molecule has 0 amide bonds. The number of piperidine rings is 1.